The van der Waals surface area contributed by atoms with E-state index in [4.69, 9.17) is 0 Å². The summed E-state index contributed by atoms with van der Waals surface area (Å²) >= 11 is 0. The van der Waals surface area contributed by atoms with E-state index in [2.05, 4.69) is 32.7 Å². The summed E-state index contributed by atoms with van der Waals surface area (Å²) in [5, 5.41) is 0. The maximum atomic E-state index is 2.79. The molecular weight excluding hydrogens is 484 g/mol. The number of likely N-dealkylation sites (N-methyl/N-ethyl adjacent to an activating group) is 1. The monoisotopic (exact) mass is 564 g/mol. The Morgan fingerprint density at radius 3 is 1.15 bits per heavy atom. The second-order valence-corrected chi connectivity index (χ2v) is 14.3. The summed E-state index contributed by atoms with van der Waals surface area (Å²) in [5.74, 6) is 0. The molecule has 1 aliphatic rings. The molecule has 1 fully saturated rings. The number of rotatable bonds is 30. The van der Waals surface area contributed by atoms with Gasteiger partial charge in [-0.25, -0.2) is 0 Å². The molecule has 1 aliphatic heterocycles. The average Bonchev–Trinajstić information content (AvgIpc) is 2.95. The summed E-state index contributed by atoms with van der Waals surface area (Å²) in [6.07, 6.45) is 40.9. The van der Waals surface area contributed by atoms with Gasteiger partial charge >= 0.3 is 0 Å². The third-order valence-corrected chi connectivity index (χ3v) is 10.4. The molecule has 2 atom stereocenters. The fourth-order valence-corrected chi connectivity index (χ4v) is 6.99. The van der Waals surface area contributed by atoms with Crippen LogP contribution in [0.25, 0.3) is 0 Å². The summed E-state index contributed by atoms with van der Waals surface area (Å²) in [6, 6.07) is 0.808. The van der Waals surface area contributed by atoms with Gasteiger partial charge in [-0.2, -0.15) is 0 Å². The van der Waals surface area contributed by atoms with Crippen molar-refractivity contribution < 1.29 is 4.48 Å². The van der Waals surface area contributed by atoms with Gasteiger partial charge in [-0.3, -0.25) is 4.90 Å². The number of unbranched alkanes of at least 4 members (excludes halogenated alkanes) is 26. The summed E-state index contributed by atoms with van der Waals surface area (Å²) in [6.45, 7) is 13.9. The van der Waals surface area contributed by atoms with Crippen molar-refractivity contribution in [2.75, 3.05) is 39.8 Å². The average molecular weight is 564 g/mol. The Kier molecular flexibility index (Phi) is 26.3. The van der Waals surface area contributed by atoms with Crippen LogP contribution in [0.15, 0.2) is 0 Å². The third kappa shape index (κ3) is 21.6. The number of quaternary nitrogens is 1. The van der Waals surface area contributed by atoms with Crippen LogP contribution in [0.4, 0.5) is 0 Å². The van der Waals surface area contributed by atoms with E-state index in [0.29, 0.717) is 0 Å². The lowest BCUT2D eigenvalue weighted by Crippen LogP contribution is -2.62. The molecule has 0 aliphatic carbocycles. The van der Waals surface area contributed by atoms with Crippen molar-refractivity contribution in [1.29, 1.82) is 0 Å². The number of piperazine rings is 1. The first-order valence-corrected chi connectivity index (χ1v) is 19.2. The van der Waals surface area contributed by atoms with Gasteiger partial charge in [-0.1, -0.05) is 174 Å². The smallest absolute Gasteiger partial charge is 0.0988 e. The van der Waals surface area contributed by atoms with E-state index in [9.17, 15) is 0 Å². The highest BCUT2D eigenvalue weighted by atomic mass is 15.4. The van der Waals surface area contributed by atoms with Gasteiger partial charge in [0, 0.05) is 6.54 Å². The zero-order valence-electron chi connectivity index (χ0n) is 28.8. The van der Waals surface area contributed by atoms with Crippen molar-refractivity contribution in [3.05, 3.63) is 0 Å². The second-order valence-electron chi connectivity index (χ2n) is 14.3. The van der Waals surface area contributed by atoms with Crippen molar-refractivity contribution in [2.45, 2.75) is 207 Å². The van der Waals surface area contributed by atoms with Gasteiger partial charge in [0.2, 0.25) is 0 Å². The lowest BCUT2D eigenvalue weighted by atomic mass is 10.0. The lowest BCUT2D eigenvalue weighted by Gasteiger charge is -2.47. The van der Waals surface area contributed by atoms with Gasteiger partial charge in [0.25, 0.3) is 0 Å². The highest BCUT2D eigenvalue weighted by molar-refractivity contribution is 4.70. The van der Waals surface area contributed by atoms with Crippen LogP contribution < -0.4 is 0 Å². The highest BCUT2D eigenvalue weighted by Crippen LogP contribution is 2.21. The van der Waals surface area contributed by atoms with Crippen LogP contribution in [-0.2, 0) is 0 Å². The van der Waals surface area contributed by atoms with Crippen molar-refractivity contribution in [2.24, 2.45) is 0 Å². The normalized spacial score (nSPS) is 19.9. The summed E-state index contributed by atoms with van der Waals surface area (Å²) in [7, 11) is 2.55. The third-order valence-electron chi connectivity index (χ3n) is 10.4. The van der Waals surface area contributed by atoms with Gasteiger partial charge < -0.3 is 4.48 Å². The molecule has 1 saturated heterocycles. The van der Waals surface area contributed by atoms with Crippen LogP contribution in [-0.4, -0.2) is 55.2 Å². The minimum Gasteiger partial charge on any atom is -0.322 e. The Bertz CT molecular complexity index is 506. The molecule has 240 valence electrons. The minimum absolute atomic E-state index is 0.808. The van der Waals surface area contributed by atoms with E-state index in [0.717, 1.165) is 6.04 Å². The van der Waals surface area contributed by atoms with E-state index in [1.165, 1.54) is 217 Å². The molecule has 0 spiro atoms. The molecule has 0 amide bonds. The summed E-state index contributed by atoms with van der Waals surface area (Å²) in [4.78, 5) is 2.79. The Morgan fingerprint density at radius 2 is 0.800 bits per heavy atom. The molecule has 0 bridgehead atoms. The molecule has 2 nitrogen and oxygen atoms in total. The molecule has 0 saturated carbocycles. The van der Waals surface area contributed by atoms with E-state index in [1.807, 2.05) is 0 Å². The standard InChI is InChI=1S/C38H79N2/c1-5-7-9-11-13-15-17-19-21-23-25-27-29-31-33-39-34-36-40(4,38(3)37-39)35-32-30-28-26-24-22-20-18-16-14-12-10-8-6-2/h38H,5-37H2,1-4H3/q+1. The summed E-state index contributed by atoms with van der Waals surface area (Å²) in [5.41, 5.74) is 0. The molecule has 0 aromatic carbocycles. The van der Waals surface area contributed by atoms with E-state index in [-0.39, 0.29) is 0 Å². The quantitative estimate of drug-likeness (QED) is 0.0620. The summed E-state index contributed by atoms with van der Waals surface area (Å²) < 4.78 is 1.33. The van der Waals surface area contributed by atoms with Crippen molar-refractivity contribution in [1.82, 2.24) is 4.90 Å². The molecule has 0 aromatic rings. The van der Waals surface area contributed by atoms with Gasteiger partial charge in [0.1, 0.15) is 0 Å². The predicted molar refractivity (Wildman–Crippen MR) is 182 cm³/mol. The molecule has 1 rings (SSSR count). The van der Waals surface area contributed by atoms with E-state index >= 15 is 0 Å². The van der Waals surface area contributed by atoms with Crippen LogP contribution in [0.2, 0.25) is 0 Å². The zero-order valence-corrected chi connectivity index (χ0v) is 28.8. The Morgan fingerprint density at radius 1 is 0.475 bits per heavy atom. The van der Waals surface area contributed by atoms with Gasteiger partial charge in [0.15, 0.2) is 0 Å². The van der Waals surface area contributed by atoms with Crippen molar-refractivity contribution >= 4 is 0 Å². The first-order chi connectivity index (χ1) is 19.6. The molecule has 1 heterocycles. The first kappa shape index (κ1) is 37.9. The Labute approximate surface area is 255 Å². The molecule has 0 aromatic heterocycles. The maximum Gasteiger partial charge on any atom is 0.0988 e. The molecule has 0 radical (unpaired) electrons. The Balaban J connectivity index is 1.89. The van der Waals surface area contributed by atoms with Crippen LogP contribution in [0.1, 0.15) is 201 Å². The molecule has 2 heteroatoms. The van der Waals surface area contributed by atoms with Gasteiger partial charge in [-0.15, -0.1) is 0 Å². The van der Waals surface area contributed by atoms with E-state index < -0.39 is 0 Å². The van der Waals surface area contributed by atoms with Crippen LogP contribution in [0, 0.1) is 0 Å². The zero-order chi connectivity index (χ0) is 29.0. The SMILES string of the molecule is CCCCCCCCCCCCCCCCN1CC[N+](C)(CCCCCCCCCCCCCCCC)C(C)C1. The Hall–Kier alpha value is -0.0800. The lowest BCUT2D eigenvalue weighted by molar-refractivity contribution is -0.936. The largest absolute Gasteiger partial charge is 0.322 e. The number of nitrogens with zero attached hydrogens (tertiary/aromatic N) is 2. The van der Waals surface area contributed by atoms with Crippen LogP contribution >= 0.6 is 0 Å². The maximum absolute atomic E-state index is 2.79. The topological polar surface area (TPSA) is 3.24 Å². The number of hydrogen-bond acceptors (Lipinski definition) is 1. The van der Waals surface area contributed by atoms with Gasteiger partial charge in [-0.05, 0) is 32.7 Å². The predicted octanol–water partition coefficient (Wildman–Crippen LogP) is 12.1. The van der Waals surface area contributed by atoms with Crippen molar-refractivity contribution in [3.8, 4) is 0 Å². The van der Waals surface area contributed by atoms with Gasteiger partial charge in [0.05, 0.1) is 32.7 Å². The molecule has 40 heavy (non-hydrogen) atoms. The van der Waals surface area contributed by atoms with Crippen LogP contribution in [0.3, 0.4) is 0 Å². The van der Waals surface area contributed by atoms with Crippen LogP contribution in [0.5, 0.6) is 0 Å². The minimum atomic E-state index is 0.808. The molecule has 2 unspecified atom stereocenters. The first-order valence-electron chi connectivity index (χ1n) is 19.2. The fourth-order valence-electron chi connectivity index (χ4n) is 6.99. The fraction of sp³-hybridized carbons (Fsp3) is 1.00. The second kappa shape index (κ2) is 27.7. The van der Waals surface area contributed by atoms with E-state index in [1.54, 1.807) is 0 Å². The van der Waals surface area contributed by atoms with Crippen molar-refractivity contribution in [3.63, 3.8) is 0 Å². The number of hydrogen-bond donors (Lipinski definition) is 0. The molecule has 0 N–H and O–H groups in total. The molecular formula is C38H79N2+. The highest BCUT2D eigenvalue weighted by Gasteiger charge is 2.34.